The number of fused-ring (bicyclic) bond motifs is 3. The Morgan fingerprint density at radius 2 is 1.95 bits per heavy atom. The molecule has 0 fully saturated rings. The van der Waals surface area contributed by atoms with Crippen molar-refractivity contribution in [2.75, 3.05) is 12.8 Å². The molecule has 0 aliphatic carbocycles. The van der Waals surface area contributed by atoms with Gasteiger partial charge in [0.05, 0.1) is 11.3 Å². The van der Waals surface area contributed by atoms with Crippen LogP contribution in [0, 0.1) is 20.8 Å². The van der Waals surface area contributed by atoms with Gasteiger partial charge < -0.3 is 5.32 Å². The van der Waals surface area contributed by atoms with E-state index in [2.05, 4.69) is 48.4 Å². The van der Waals surface area contributed by atoms with Gasteiger partial charge in [0, 0.05) is 12.4 Å². The van der Waals surface area contributed by atoms with Crippen LogP contribution in [-0.4, -0.2) is 33.3 Å². The average molecular weight is 314 g/mol. The van der Waals surface area contributed by atoms with Crippen LogP contribution in [0.4, 0.5) is 0 Å². The number of nitrogens with one attached hydrogen (secondary N) is 1. The van der Waals surface area contributed by atoms with Gasteiger partial charge in [-0.25, -0.2) is 0 Å². The van der Waals surface area contributed by atoms with Gasteiger partial charge in [0.25, 0.3) is 0 Å². The molecule has 1 amide bonds. The molecule has 0 saturated carbocycles. The van der Waals surface area contributed by atoms with E-state index >= 15 is 0 Å². The van der Waals surface area contributed by atoms with Crippen LogP contribution in [0.3, 0.4) is 0 Å². The van der Waals surface area contributed by atoms with Crippen LogP contribution < -0.4 is 5.32 Å². The van der Waals surface area contributed by atoms with Gasteiger partial charge in [0.1, 0.15) is 0 Å². The van der Waals surface area contributed by atoms with E-state index in [0.717, 1.165) is 16.3 Å². The number of nitrogens with zero attached hydrogens (tertiary/aromatic N) is 3. The van der Waals surface area contributed by atoms with E-state index in [4.69, 9.17) is 0 Å². The van der Waals surface area contributed by atoms with Crippen molar-refractivity contribution in [3.8, 4) is 0 Å². The fourth-order valence-electron chi connectivity index (χ4n) is 2.71. The monoisotopic (exact) mass is 314 g/mol. The molecule has 0 atom stereocenters. The first-order chi connectivity index (χ1) is 10.5. The third-order valence-corrected chi connectivity index (χ3v) is 4.64. The zero-order valence-electron chi connectivity index (χ0n) is 13.1. The molecule has 1 aromatic carbocycles. The lowest BCUT2D eigenvalue weighted by Crippen LogP contribution is -2.19. The molecule has 5 nitrogen and oxygen atoms in total. The third-order valence-electron chi connectivity index (χ3n) is 3.71. The number of hydrogen-bond donors (Lipinski definition) is 1. The molecule has 0 radical (unpaired) electrons. The topological polar surface area (TPSA) is 59.3 Å². The van der Waals surface area contributed by atoms with Crippen LogP contribution in [0.2, 0.25) is 0 Å². The number of hydrogen-bond acceptors (Lipinski definition) is 4. The molecule has 114 valence electrons. The lowest BCUT2D eigenvalue weighted by molar-refractivity contribution is -0.118. The number of pyridine rings is 1. The summed E-state index contributed by atoms with van der Waals surface area (Å²) < 4.78 is 2.05. The zero-order valence-corrected chi connectivity index (χ0v) is 13.9. The van der Waals surface area contributed by atoms with Crippen LogP contribution in [-0.2, 0) is 4.79 Å². The maximum atomic E-state index is 11.5. The van der Waals surface area contributed by atoms with Crippen LogP contribution in [0.5, 0.6) is 0 Å². The quantitative estimate of drug-likeness (QED) is 0.755. The van der Waals surface area contributed by atoms with Crippen molar-refractivity contribution in [3.63, 3.8) is 0 Å². The van der Waals surface area contributed by atoms with Crippen LogP contribution in [0.25, 0.3) is 16.6 Å². The number of carbonyl (C=O) groups excluding carboxylic acids is 1. The zero-order chi connectivity index (χ0) is 15.9. The van der Waals surface area contributed by atoms with Gasteiger partial charge in [-0.2, -0.15) is 0 Å². The van der Waals surface area contributed by atoms with Gasteiger partial charge in [0.2, 0.25) is 5.91 Å². The lowest BCUT2D eigenvalue weighted by Gasteiger charge is -2.11. The molecule has 6 heteroatoms. The van der Waals surface area contributed by atoms with Crippen molar-refractivity contribution in [1.82, 2.24) is 19.9 Å². The predicted molar refractivity (Wildman–Crippen MR) is 89.5 cm³/mol. The highest BCUT2D eigenvalue weighted by Gasteiger charge is 2.14. The molecular formula is C16H18N4OS. The van der Waals surface area contributed by atoms with E-state index in [-0.39, 0.29) is 5.91 Å². The van der Waals surface area contributed by atoms with Crippen molar-refractivity contribution in [3.05, 3.63) is 34.9 Å². The van der Waals surface area contributed by atoms with E-state index in [1.165, 1.54) is 33.8 Å². The summed E-state index contributed by atoms with van der Waals surface area (Å²) in [7, 11) is 1.64. The van der Waals surface area contributed by atoms with Crippen LogP contribution in [0.15, 0.2) is 23.4 Å². The van der Waals surface area contributed by atoms with E-state index in [0.29, 0.717) is 5.75 Å². The Bertz CT molecular complexity index is 885. The normalized spacial score (nSPS) is 11.3. The highest BCUT2D eigenvalue weighted by Crippen LogP contribution is 2.28. The molecule has 0 unspecified atom stereocenters. The summed E-state index contributed by atoms with van der Waals surface area (Å²) >= 11 is 1.40. The first-order valence-electron chi connectivity index (χ1n) is 7.10. The third kappa shape index (κ3) is 2.43. The van der Waals surface area contributed by atoms with E-state index in [1.54, 1.807) is 7.05 Å². The highest BCUT2D eigenvalue weighted by atomic mass is 32.2. The number of aromatic nitrogens is 3. The number of benzene rings is 1. The smallest absolute Gasteiger partial charge is 0.230 e. The summed E-state index contributed by atoms with van der Waals surface area (Å²) in [6.45, 7) is 6.29. The largest absolute Gasteiger partial charge is 0.358 e. The second-order valence-electron chi connectivity index (χ2n) is 5.44. The first kappa shape index (κ1) is 14.8. The number of amides is 1. The molecule has 1 N–H and O–H groups in total. The number of rotatable bonds is 3. The Morgan fingerprint density at radius 1 is 1.18 bits per heavy atom. The Labute approximate surface area is 133 Å². The number of carbonyl (C=O) groups is 1. The average Bonchev–Trinajstić information content (AvgIpc) is 2.87. The summed E-state index contributed by atoms with van der Waals surface area (Å²) in [6, 6.07) is 6.39. The molecule has 0 aliphatic heterocycles. The maximum Gasteiger partial charge on any atom is 0.230 e. The van der Waals surface area contributed by atoms with E-state index in [1.807, 2.05) is 10.5 Å². The van der Waals surface area contributed by atoms with Gasteiger partial charge in [-0.1, -0.05) is 23.4 Å². The number of aryl methyl sites for hydroxylation is 3. The molecule has 0 saturated heterocycles. The fourth-order valence-corrected chi connectivity index (χ4v) is 3.53. The molecule has 2 heterocycles. The summed E-state index contributed by atoms with van der Waals surface area (Å²) in [5, 5.41) is 13.1. The lowest BCUT2D eigenvalue weighted by atomic mass is 10.0. The van der Waals surface area contributed by atoms with Gasteiger partial charge in [-0.05, 0) is 44.0 Å². The molecule has 0 spiro atoms. The Hall–Kier alpha value is -2.08. The first-order valence-corrected chi connectivity index (χ1v) is 8.09. The van der Waals surface area contributed by atoms with Gasteiger partial charge in [0.15, 0.2) is 10.8 Å². The second-order valence-corrected chi connectivity index (χ2v) is 6.39. The predicted octanol–water partition coefficient (Wildman–Crippen LogP) is 2.65. The Kier molecular flexibility index (Phi) is 3.78. The van der Waals surface area contributed by atoms with Crippen LogP contribution in [0.1, 0.15) is 16.7 Å². The minimum atomic E-state index is -0.0225. The minimum absolute atomic E-state index is 0.0225. The fraction of sp³-hybridized carbons (Fsp3) is 0.312. The van der Waals surface area contributed by atoms with Gasteiger partial charge in [-0.3, -0.25) is 9.20 Å². The van der Waals surface area contributed by atoms with Gasteiger partial charge >= 0.3 is 0 Å². The van der Waals surface area contributed by atoms with E-state index < -0.39 is 0 Å². The Balaban J connectivity index is 2.24. The number of thioether (sulfide) groups is 1. The maximum absolute atomic E-state index is 11.5. The molecule has 3 rings (SSSR count). The molecule has 22 heavy (non-hydrogen) atoms. The van der Waals surface area contributed by atoms with Gasteiger partial charge in [-0.15, -0.1) is 10.2 Å². The minimum Gasteiger partial charge on any atom is -0.358 e. The van der Waals surface area contributed by atoms with Crippen molar-refractivity contribution in [2.24, 2.45) is 0 Å². The molecular weight excluding hydrogens is 296 g/mol. The molecule has 2 aromatic heterocycles. The van der Waals surface area contributed by atoms with E-state index in [9.17, 15) is 4.79 Å². The van der Waals surface area contributed by atoms with Crippen molar-refractivity contribution in [1.29, 1.82) is 0 Å². The van der Waals surface area contributed by atoms with Crippen LogP contribution >= 0.6 is 11.8 Å². The highest BCUT2D eigenvalue weighted by molar-refractivity contribution is 7.99. The second kappa shape index (κ2) is 5.61. The van der Waals surface area contributed by atoms with Crippen molar-refractivity contribution < 1.29 is 4.79 Å². The standard InChI is InChI=1S/C16H18N4OS/c1-9-5-11(3)15-12(6-9)10(2)7-13-18-19-16(20(13)15)22-8-14(21)17-4/h5-7H,8H2,1-4H3,(H,17,21). The van der Waals surface area contributed by atoms with Crippen molar-refractivity contribution >= 4 is 34.2 Å². The summed E-state index contributed by atoms with van der Waals surface area (Å²) in [5.74, 6) is 0.308. The molecule has 0 aliphatic rings. The Morgan fingerprint density at radius 3 is 2.68 bits per heavy atom. The summed E-state index contributed by atoms with van der Waals surface area (Å²) in [6.07, 6.45) is 0. The SMILES string of the molecule is CNC(=O)CSc1nnc2cc(C)c3cc(C)cc(C)c3n12. The molecule has 3 aromatic rings. The van der Waals surface area contributed by atoms with Crippen molar-refractivity contribution in [2.45, 2.75) is 25.9 Å². The summed E-state index contributed by atoms with van der Waals surface area (Å²) in [4.78, 5) is 11.5. The molecule has 0 bridgehead atoms. The summed E-state index contributed by atoms with van der Waals surface area (Å²) in [5.41, 5.74) is 5.54.